The van der Waals surface area contributed by atoms with E-state index in [1.807, 2.05) is 5.43 Å². The van der Waals surface area contributed by atoms with Gasteiger partial charge in [-0.05, 0) is 50.1 Å². The lowest BCUT2D eigenvalue weighted by atomic mass is 10.1. The maximum atomic E-state index is 12.7. The van der Waals surface area contributed by atoms with Crippen LogP contribution in [0.2, 0.25) is 5.02 Å². The Hall–Kier alpha value is -3.01. The van der Waals surface area contributed by atoms with E-state index < -0.39 is 41.8 Å². The first kappa shape index (κ1) is 23.3. The van der Waals surface area contributed by atoms with E-state index in [0.29, 0.717) is 44.8 Å². The molecule has 0 aliphatic heterocycles. The molecule has 0 aliphatic rings. The molecule has 11 heteroatoms. The highest BCUT2D eigenvalue weighted by Crippen LogP contribution is 2.28. The monoisotopic (exact) mass is 445 g/mol. The van der Waals surface area contributed by atoms with Gasteiger partial charge in [0.15, 0.2) is 6.10 Å². The van der Waals surface area contributed by atoms with Crippen LogP contribution in [0.1, 0.15) is 23.6 Å². The average Bonchev–Trinajstić information content (AvgIpc) is 2.63. The summed E-state index contributed by atoms with van der Waals surface area (Å²) in [5, 5.41) is 0.520. The Morgan fingerprint density at radius 3 is 2.33 bits per heavy atom. The molecule has 1 heterocycles. The number of halogens is 4. The average molecular weight is 446 g/mol. The van der Waals surface area contributed by atoms with Gasteiger partial charge in [0.05, 0.1) is 5.56 Å². The lowest BCUT2D eigenvalue weighted by molar-refractivity contribution is -0.138. The number of hydrazine groups is 1. The molecule has 2 amide bonds. The van der Waals surface area contributed by atoms with Crippen LogP contribution in [0.3, 0.4) is 0 Å². The van der Waals surface area contributed by atoms with Crippen molar-refractivity contribution in [3.05, 3.63) is 62.5 Å². The summed E-state index contributed by atoms with van der Waals surface area (Å²) in [6.45, 7) is 4.25. The Labute approximate surface area is 174 Å². The van der Waals surface area contributed by atoms with Gasteiger partial charge in [-0.15, -0.1) is 0 Å². The molecule has 0 aliphatic carbocycles. The molecule has 2 aromatic rings. The highest BCUT2D eigenvalue weighted by atomic mass is 35.5. The maximum Gasteiger partial charge on any atom is 0.417 e. The summed E-state index contributed by atoms with van der Waals surface area (Å²) in [6.07, 6.45) is -5.13. The molecular weight excluding hydrogens is 427 g/mol. The normalized spacial score (nSPS) is 12.2. The molecule has 1 aromatic heterocycles. The van der Waals surface area contributed by atoms with Crippen molar-refractivity contribution in [2.45, 2.75) is 39.6 Å². The van der Waals surface area contributed by atoms with Gasteiger partial charge in [-0.1, -0.05) is 11.6 Å². The molecule has 2 rings (SSSR count). The minimum absolute atomic E-state index is 0.462. The molecule has 30 heavy (non-hydrogen) atoms. The fourth-order valence-corrected chi connectivity index (χ4v) is 2.89. The number of alkyl halides is 3. The van der Waals surface area contributed by atoms with Crippen LogP contribution in [0.4, 0.5) is 13.2 Å². The van der Waals surface area contributed by atoms with Crippen molar-refractivity contribution in [2.75, 3.05) is 0 Å². The highest BCUT2D eigenvalue weighted by molar-refractivity contribution is 6.30. The van der Waals surface area contributed by atoms with Crippen molar-refractivity contribution in [3.8, 4) is 5.75 Å². The first-order valence-electron chi connectivity index (χ1n) is 8.68. The number of rotatable bonds is 5. The molecule has 1 aromatic carbocycles. The molecule has 1 atom stereocenters. The number of pyridine rings is 1. The van der Waals surface area contributed by atoms with Gasteiger partial charge in [0, 0.05) is 17.3 Å². The molecule has 0 spiro atoms. The van der Waals surface area contributed by atoms with Crippen LogP contribution in [0, 0.1) is 13.8 Å². The van der Waals surface area contributed by atoms with Gasteiger partial charge in [-0.25, -0.2) is 0 Å². The Morgan fingerprint density at radius 1 is 1.17 bits per heavy atom. The topological polar surface area (TPSA) is 89.4 Å². The standard InChI is InChI=1S/C19H19ClF3N3O4/c1-10-6-14(20)7-11(2)17(10)30-12(3)18(29)25-24-15(27)9-26-8-13(19(21,22)23)4-5-16(26)28/h4-8,12H,9H2,1-3H3,(H,24,27)(H,25,29). The van der Waals surface area contributed by atoms with E-state index in [4.69, 9.17) is 16.3 Å². The van der Waals surface area contributed by atoms with Gasteiger partial charge in [-0.2, -0.15) is 13.2 Å². The van der Waals surface area contributed by atoms with E-state index in [9.17, 15) is 27.6 Å². The van der Waals surface area contributed by atoms with E-state index >= 15 is 0 Å². The number of hydrogen-bond acceptors (Lipinski definition) is 4. The van der Waals surface area contributed by atoms with Gasteiger partial charge < -0.3 is 9.30 Å². The molecule has 1 unspecified atom stereocenters. The predicted molar refractivity (Wildman–Crippen MR) is 103 cm³/mol. The summed E-state index contributed by atoms with van der Waals surface area (Å²) in [4.78, 5) is 35.8. The third kappa shape index (κ3) is 5.99. The third-order valence-corrected chi connectivity index (χ3v) is 4.26. The molecular formula is C19H19ClF3N3O4. The minimum Gasteiger partial charge on any atom is -0.480 e. The number of nitrogens with one attached hydrogen (secondary N) is 2. The van der Waals surface area contributed by atoms with Crippen molar-refractivity contribution < 1.29 is 27.5 Å². The van der Waals surface area contributed by atoms with Crippen LogP contribution < -0.4 is 21.1 Å². The smallest absolute Gasteiger partial charge is 0.417 e. The molecule has 0 bridgehead atoms. The van der Waals surface area contributed by atoms with Crippen LogP contribution in [0.15, 0.2) is 35.3 Å². The second-order valence-corrected chi connectivity index (χ2v) is 6.98. The van der Waals surface area contributed by atoms with Gasteiger partial charge >= 0.3 is 6.18 Å². The number of hydrogen-bond donors (Lipinski definition) is 2. The number of amides is 2. The van der Waals surface area contributed by atoms with Gasteiger partial charge in [-0.3, -0.25) is 25.2 Å². The Balaban J connectivity index is 1.97. The molecule has 7 nitrogen and oxygen atoms in total. The van der Waals surface area contributed by atoms with E-state index in [1.165, 1.54) is 6.92 Å². The zero-order valence-corrected chi connectivity index (χ0v) is 17.0. The summed E-state index contributed by atoms with van der Waals surface area (Å²) in [6, 6.07) is 4.67. The van der Waals surface area contributed by atoms with E-state index in [2.05, 4.69) is 5.43 Å². The van der Waals surface area contributed by atoms with Crippen LogP contribution in [0.5, 0.6) is 5.75 Å². The lowest BCUT2D eigenvalue weighted by Gasteiger charge is -2.18. The number of aromatic nitrogens is 1. The quantitative estimate of drug-likeness (QED) is 0.693. The summed E-state index contributed by atoms with van der Waals surface area (Å²) in [5.74, 6) is -1.13. The first-order valence-corrected chi connectivity index (χ1v) is 9.06. The summed E-state index contributed by atoms with van der Waals surface area (Å²) >= 11 is 5.95. The number of carbonyl (C=O) groups excluding carboxylic acids is 2. The maximum absolute atomic E-state index is 12.7. The van der Waals surface area contributed by atoms with Crippen molar-refractivity contribution >= 4 is 23.4 Å². The molecule has 2 N–H and O–H groups in total. The zero-order chi connectivity index (χ0) is 22.6. The number of nitrogens with zero attached hydrogens (tertiary/aromatic N) is 1. The third-order valence-electron chi connectivity index (χ3n) is 4.04. The predicted octanol–water partition coefficient (Wildman–Crippen LogP) is 2.75. The largest absolute Gasteiger partial charge is 0.480 e. The molecule has 162 valence electrons. The number of ether oxygens (including phenoxy) is 1. The molecule has 0 saturated heterocycles. The fraction of sp³-hybridized carbons (Fsp3) is 0.316. The Kier molecular flexibility index (Phi) is 7.14. The molecule has 0 saturated carbocycles. The van der Waals surface area contributed by atoms with Crippen LogP contribution in [0.25, 0.3) is 0 Å². The minimum atomic E-state index is -4.66. The van der Waals surface area contributed by atoms with E-state index in [1.54, 1.807) is 26.0 Å². The van der Waals surface area contributed by atoms with Crippen molar-refractivity contribution in [1.82, 2.24) is 15.4 Å². The molecule has 0 radical (unpaired) electrons. The SMILES string of the molecule is Cc1cc(Cl)cc(C)c1OC(C)C(=O)NNC(=O)Cn1cc(C(F)(F)F)ccc1=O. The first-order chi connectivity index (χ1) is 13.9. The van der Waals surface area contributed by atoms with Crippen molar-refractivity contribution in [2.24, 2.45) is 0 Å². The van der Waals surface area contributed by atoms with E-state index in [-0.39, 0.29) is 0 Å². The van der Waals surface area contributed by atoms with Gasteiger partial charge in [0.1, 0.15) is 12.3 Å². The van der Waals surface area contributed by atoms with Crippen molar-refractivity contribution in [3.63, 3.8) is 0 Å². The Morgan fingerprint density at radius 2 is 1.77 bits per heavy atom. The van der Waals surface area contributed by atoms with Crippen LogP contribution >= 0.6 is 11.6 Å². The zero-order valence-electron chi connectivity index (χ0n) is 16.3. The fourth-order valence-electron chi connectivity index (χ4n) is 2.56. The summed E-state index contributed by atoms with van der Waals surface area (Å²) < 4.78 is 44.4. The van der Waals surface area contributed by atoms with Crippen LogP contribution in [-0.2, 0) is 22.3 Å². The number of aryl methyl sites for hydroxylation is 2. The summed E-state index contributed by atoms with van der Waals surface area (Å²) in [7, 11) is 0. The summed E-state index contributed by atoms with van der Waals surface area (Å²) in [5.41, 5.74) is 3.71. The Bertz CT molecular complexity index is 998. The number of benzene rings is 1. The second-order valence-electron chi connectivity index (χ2n) is 6.55. The van der Waals surface area contributed by atoms with Crippen LogP contribution in [-0.4, -0.2) is 22.5 Å². The second kappa shape index (κ2) is 9.21. The van der Waals surface area contributed by atoms with E-state index in [0.717, 1.165) is 0 Å². The lowest BCUT2D eigenvalue weighted by Crippen LogP contribution is -2.48. The molecule has 0 fully saturated rings. The van der Waals surface area contributed by atoms with Gasteiger partial charge in [0.25, 0.3) is 17.4 Å². The van der Waals surface area contributed by atoms with Gasteiger partial charge in [0.2, 0.25) is 0 Å². The van der Waals surface area contributed by atoms with Crippen molar-refractivity contribution in [1.29, 1.82) is 0 Å². The highest BCUT2D eigenvalue weighted by Gasteiger charge is 2.31. The number of carbonyl (C=O) groups is 2.